The van der Waals surface area contributed by atoms with Crippen LogP contribution < -0.4 is 5.32 Å². The van der Waals surface area contributed by atoms with Crippen molar-refractivity contribution in [1.82, 2.24) is 15.1 Å². The quantitative estimate of drug-likeness (QED) is 0.930. The molecule has 2 fully saturated rings. The van der Waals surface area contributed by atoms with E-state index < -0.39 is 0 Å². The number of hydrogen-bond donors (Lipinski definition) is 1. The maximum absolute atomic E-state index is 13.0. The predicted molar refractivity (Wildman–Crippen MR) is 88.6 cm³/mol. The van der Waals surface area contributed by atoms with Crippen LogP contribution in [-0.4, -0.2) is 48.1 Å². The molecule has 0 spiro atoms. The number of rotatable bonds is 3. The molecule has 1 N–H and O–H groups in total. The van der Waals surface area contributed by atoms with E-state index in [1.807, 2.05) is 17.0 Å². The summed E-state index contributed by atoms with van der Waals surface area (Å²) in [4.78, 5) is 16.6. The molecule has 1 aliphatic heterocycles. The summed E-state index contributed by atoms with van der Waals surface area (Å²) in [6.07, 6.45) is 2.05. The second-order valence-corrected chi connectivity index (χ2v) is 7.44. The van der Waals surface area contributed by atoms with Gasteiger partial charge in [0.2, 0.25) is 0 Å². The molecule has 1 heterocycles. The summed E-state index contributed by atoms with van der Waals surface area (Å²) < 4.78 is 13.0. The highest BCUT2D eigenvalue weighted by molar-refractivity contribution is 5.75. The molecule has 1 saturated carbocycles. The molecule has 23 heavy (non-hydrogen) atoms. The van der Waals surface area contributed by atoms with Gasteiger partial charge in [-0.2, -0.15) is 0 Å². The second kappa shape index (κ2) is 6.48. The molecule has 0 unspecified atom stereocenters. The van der Waals surface area contributed by atoms with Crippen LogP contribution in [0.25, 0.3) is 0 Å². The van der Waals surface area contributed by atoms with E-state index in [4.69, 9.17) is 0 Å². The normalized spacial score (nSPS) is 24.1. The summed E-state index contributed by atoms with van der Waals surface area (Å²) in [5.41, 5.74) is 1.37. The monoisotopic (exact) mass is 319 g/mol. The van der Waals surface area contributed by atoms with Crippen molar-refractivity contribution in [2.24, 2.45) is 5.41 Å². The predicted octanol–water partition coefficient (Wildman–Crippen LogP) is 2.84. The van der Waals surface area contributed by atoms with Crippen LogP contribution in [0.4, 0.5) is 9.18 Å². The van der Waals surface area contributed by atoms with Gasteiger partial charge in [-0.25, -0.2) is 9.18 Å². The molecule has 1 atom stereocenters. The Morgan fingerprint density at radius 1 is 1.22 bits per heavy atom. The highest BCUT2D eigenvalue weighted by Gasteiger charge is 2.47. The van der Waals surface area contributed by atoms with E-state index in [0.717, 1.165) is 51.1 Å². The van der Waals surface area contributed by atoms with Gasteiger partial charge in [0.05, 0.1) is 0 Å². The largest absolute Gasteiger partial charge is 0.335 e. The van der Waals surface area contributed by atoms with Crippen molar-refractivity contribution in [3.05, 3.63) is 35.6 Å². The van der Waals surface area contributed by atoms with Gasteiger partial charge in [-0.1, -0.05) is 26.0 Å². The van der Waals surface area contributed by atoms with Crippen molar-refractivity contribution in [3.8, 4) is 0 Å². The van der Waals surface area contributed by atoms with Crippen molar-refractivity contribution < 1.29 is 9.18 Å². The van der Waals surface area contributed by atoms with Gasteiger partial charge in [0, 0.05) is 38.8 Å². The Bertz CT molecular complexity index is 558. The third-order valence-corrected chi connectivity index (χ3v) is 5.01. The molecule has 3 rings (SSSR count). The van der Waals surface area contributed by atoms with Gasteiger partial charge < -0.3 is 10.2 Å². The third kappa shape index (κ3) is 4.22. The number of amides is 2. The van der Waals surface area contributed by atoms with Crippen LogP contribution in [0.2, 0.25) is 0 Å². The van der Waals surface area contributed by atoms with E-state index in [-0.39, 0.29) is 17.3 Å². The lowest BCUT2D eigenvalue weighted by molar-refractivity contribution is 0.196. The number of carbonyl (C=O) groups is 1. The first-order chi connectivity index (χ1) is 10.9. The van der Waals surface area contributed by atoms with Gasteiger partial charge >= 0.3 is 6.03 Å². The third-order valence-electron chi connectivity index (χ3n) is 5.01. The first-order valence-electron chi connectivity index (χ1n) is 8.46. The minimum atomic E-state index is -0.199. The number of nitrogens with one attached hydrogen (secondary N) is 1. The zero-order valence-corrected chi connectivity index (χ0v) is 14.0. The van der Waals surface area contributed by atoms with Crippen molar-refractivity contribution >= 4 is 6.03 Å². The lowest BCUT2D eigenvalue weighted by Crippen LogP contribution is -2.43. The fraction of sp³-hybridized carbons (Fsp3) is 0.611. The molecule has 2 amide bonds. The summed E-state index contributed by atoms with van der Waals surface area (Å²) >= 11 is 0. The number of nitrogens with zero attached hydrogens (tertiary/aromatic N) is 2. The molecule has 5 heteroatoms. The van der Waals surface area contributed by atoms with Crippen LogP contribution in [0.15, 0.2) is 24.3 Å². The van der Waals surface area contributed by atoms with Crippen LogP contribution in [0.3, 0.4) is 0 Å². The van der Waals surface area contributed by atoms with Crippen LogP contribution in [-0.2, 0) is 6.54 Å². The topological polar surface area (TPSA) is 35.6 Å². The van der Waals surface area contributed by atoms with E-state index >= 15 is 0 Å². The van der Waals surface area contributed by atoms with Crippen LogP contribution in [0.1, 0.15) is 32.3 Å². The molecule has 2 aliphatic rings. The molecule has 1 aliphatic carbocycles. The Kier molecular flexibility index (Phi) is 4.57. The van der Waals surface area contributed by atoms with Crippen LogP contribution in [0, 0.1) is 11.2 Å². The molecular weight excluding hydrogens is 293 g/mol. The van der Waals surface area contributed by atoms with Gasteiger partial charge in [0.15, 0.2) is 0 Å². The van der Waals surface area contributed by atoms with E-state index in [9.17, 15) is 9.18 Å². The molecule has 1 aromatic rings. The van der Waals surface area contributed by atoms with Crippen molar-refractivity contribution in [1.29, 1.82) is 0 Å². The van der Waals surface area contributed by atoms with E-state index in [1.165, 1.54) is 12.1 Å². The molecule has 1 saturated heterocycles. The van der Waals surface area contributed by atoms with Gasteiger partial charge in [-0.05, 0) is 36.0 Å². The number of carbonyl (C=O) groups excluding carboxylic acids is 1. The Hall–Kier alpha value is -1.62. The molecule has 4 nitrogen and oxygen atoms in total. The SMILES string of the molecule is CC1(C)C[C@@H]1NC(=O)N1CCCN(Cc2ccc(F)cc2)CC1. The fourth-order valence-electron chi connectivity index (χ4n) is 3.13. The Balaban J connectivity index is 1.49. The van der Waals surface area contributed by atoms with Crippen molar-refractivity contribution in [2.45, 2.75) is 39.3 Å². The Morgan fingerprint density at radius 2 is 1.91 bits per heavy atom. The van der Waals surface area contributed by atoms with Gasteiger partial charge in [0.25, 0.3) is 0 Å². The molecule has 0 radical (unpaired) electrons. The minimum absolute atomic E-state index is 0.0733. The second-order valence-electron chi connectivity index (χ2n) is 7.44. The number of urea groups is 1. The first kappa shape index (κ1) is 16.2. The molecule has 0 bridgehead atoms. The fourth-order valence-corrected chi connectivity index (χ4v) is 3.13. The number of halogens is 1. The Morgan fingerprint density at radius 3 is 2.57 bits per heavy atom. The van der Waals surface area contributed by atoms with Crippen molar-refractivity contribution in [2.75, 3.05) is 26.2 Å². The number of hydrogen-bond acceptors (Lipinski definition) is 2. The first-order valence-corrected chi connectivity index (χ1v) is 8.46. The zero-order chi connectivity index (χ0) is 16.4. The molecule has 1 aromatic carbocycles. The highest BCUT2D eigenvalue weighted by atomic mass is 19.1. The summed E-state index contributed by atoms with van der Waals surface area (Å²) in [6.45, 7) is 8.56. The van der Waals surface area contributed by atoms with Gasteiger partial charge in [0.1, 0.15) is 5.82 Å². The van der Waals surface area contributed by atoms with Gasteiger partial charge in [-0.3, -0.25) is 4.90 Å². The maximum Gasteiger partial charge on any atom is 0.317 e. The summed E-state index contributed by atoms with van der Waals surface area (Å²) in [6, 6.07) is 7.08. The molecule has 126 valence electrons. The molecule has 0 aromatic heterocycles. The number of benzene rings is 1. The van der Waals surface area contributed by atoms with Crippen LogP contribution in [0.5, 0.6) is 0 Å². The lowest BCUT2D eigenvalue weighted by Gasteiger charge is -2.22. The standard InChI is InChI=1S/C18H26FN3O/c1-18(2)12-16(18)20-17(23)22-9-3-8-21(10-11-22)13-14-4-6-15(19)7-5-14/h4-7,16H,3,8-13H2,1-2H3,(H,20,23)/t16-/m0/s1. The van der Waals surface area contributed by atoms with E-state index in [1.54, 1.807) is 0 Å². The average molecular weight is 319 g/mol. The van der Waals surface area contributed by atoms with Gasteiger partial charge in [-0.15, -0.1) is 0 Å². The Labute approximate surface area is 137 Å². The van der Waals surface area contributed by atoms with Crippen molar-refractivity contribution in [3.63, 3.8) is 0 Å². The highest BCUT2D eigenvalue weighted by Crippen LogP contribution is 2.44. The zero-order valence-electron chi connectivity index (χ0n) is 14.0. The van der Waals surface area contributed by atoms with E-state index in [0.29, 0.717) is 6.04 Å². The lowest BCUT2D eigenvalue weighted by atomic mass is 10.2. The van der Waals surface area contributed by atoms with E-state index in [2.05, 4.69) is 24.1 Å². The molecular formula is C18H26FN3O. The summed E-state index contributed by atoms with van der Waals surface area (Å²) in [5.74, 6) is -0.199. The summed E-state index contributed by atoms with van der Waals surface area (Å²) in [5, 5.41) is 3.14. The average Bonchev–Trinajstić information content (AvgIpc) is 3.17. The summed E-state index contributed by atoms with van der Waals surface area (Å²) in [7, 11) is 0. The van der Waals surface area contributed by atoms with Crippen LogP contribution >= 0.6 is 0 Å². The minimum Gasteiger partial charge on any atom is -0.335 e. The smallest absolute Gasteiger partial charge is 0.317 e. The maximum atomic E-state index is 13.0.